The van der Waals surface area contributed by atoms with Crippen molar-refractivity contribution in [1.29, 1.82) is 0 Å². The molecule has 1 saturated heterocycles. The fourth-order valence-electron chi connectivity index (χ4n) is 3.73. The second-order valence-electron chi connectivity index (χ2n) is 7.09. The van der Waals surface area contributed by atoms with Crippen molar-refractivity contribution in [2.75, 3.05) is 13.1 Å². The van der Waals surface area contributed by atoms with Gasteiger partial charge in [0.05, 0.1) is 0 Å². The van der Waals surface area contributed by atoms with Crippen LogP contribution >= 0.6 is 11.3 Å². The molecule has 138 valence electrons. The van der Waals surface area contributed by atoms with Crippen LogP contribution in [0.4, 0.5) is 0 Å². The molecule has 1 aliphatic carbocycles. The Morgan fingerprint density at radius 3 is 2.52 bits per heavy atom. The summed E-state index contributed by atoms with van der Waals surface area (Å²) < 4.78 is 0. The van der Waals surface area contributed by atoms with Gasteiger partial charge in [-0.2, -0.15) is 0 Å². The zero-order chi connectivity index (χ0) is 17.6. The number of hydrogen-bond acceptors (Lipinski definition) is 6. The highest BCUT2D eigenvalue weighted by Gasteiger charge is 2.25. The number of carbonyl (C=O) groups is 2. The predicted octanol–water partition coefficient (Wildman–Crippen LogP) is 2.16. The maximum absolute atomic E-state index is 12.4. The Balaban J connectivity index is 1.45. The van der Waals surface area contributed by atoms with Crippen LogP contribution in [0, 0.1) is 5.92 Å². The molecular formula is C17H26N4O3S. The first kappa shape index (κ1) is 18.3. The van der Waals surface area contributed by atoms with Crippen LogP contribution in [0.15, 0.2) is 0 Å². The van der Waals surface area contributed by atoms with Crippen LogP contribution in [0.5, 0.6) is 0 Å². The Hall–Kier alpha value is -1.54. The van der Waals surface area contributed by atoms with Crippen molar-refractivity contribution in [1.82, 2.24) is 20.8 Å². The third-order valence-electron chi connectivity index (χ3n) is 5.27. The Bertz CT molecular complexity index is 592. The third-order valence-corrected chi connectivity index (χ3v) is 6.36. The summed E-state index contributed by atoms with van der Waals surface area (Å²) in [6.07, 6.45) is 6.88. The van der Waals surface area contributed by atoms with Crippen LogP contribution in [-0.2, 0) is 4.79 Å². The van der Waals surface area contributed by atoms with Gasteiger partial charge in [0, 0.05) is 18.4 Å². The average Bonchev–Trinajstić information content (AvgIpc) is 3.12. The first-order chi connectivity index (χ1) is 12.1. The van der Waals surface area contributed by atoms with E-state index in [0.717, 1.165) is 63.0 Å². The number of aliphatic carboxylic acids is 1. The van der Waals surface area contributed by atoms with Crippen LogP contribution in [0.2, 0.25) is 0 Å². The number of hydrogen-bond donors (Lipinski definition) is 3. The summed E-state index contributed by atoms with van der Waals surface area (Å²) in [7, 11) is 0. The molecule has 2 fully saturated rings. The highest BCUT2D eigenvalue weighted by Crippen LogP contribution is 2.29. The molecule has 8 heteroatoms. The van der Waals surface area contributed by atoms with E-state index in [0.29, 0.717) is 16.8 Å². The summed E-state index contributed by atoms with van der Waals surface area (Å²) >= 11 is 1.42. The maximum atomic E-state index is 12.4. The molecule has 0 spiro atoms. The number of nitrogens with one attached hydrogen (secondary N) is 2. The van der Waals surface area contributed by atoms with E-state index < -0.39 is 5.97 Å². The molecule has 3 rings (SSSR count). The summed E-state index contributed by atoms with van der Waals surface area (Å²) in [5.41, 5.74) is 0. The number of carboxylic acid groups (broad SMARTS) is 1. The van der Waals surface area contributed by atoms with Gasteiger partial charge >= 0.3 is 5.97 Å². The fraction of sp³-hybridized carbons (Fsp3) is 0.765. The first-order valence-corrected chi connectivity index (χ1v) is 10.00. The highest BCUT2D eigenvalue weighted by molar-refractivity contribution is 7.13. The minimum atomic E-state index is -0.726. The van der Waals surface area contributed by atoms with Gasteiger partial charge in [0.1, 0.15) is 5.01 Å². The van der Waals surface area contributed by atoms with Crippen LogP contribution in [0.1, 0.15) is 72.1 Å². The lowest BCUT2D eigenvalue weighted by atomic mass is 9.83. The number of carbonyl (C=O) groups excluding carboxylic acids is 1. The average molecular weight is 366 g/mol. The zero-order valence-electron chi connectivity index (χ0n) is 14.4. The molecule has 2 aliphatic rings. The lowest BCUT2D eigenvalue weighted by Gasteiger charge is -2.28. The van der Waals surface area contributed by atoms with Crippen molar-refractivity contribution in [3.63, 3.8) is 0 Å². The molecule has 1 saturated carbocycles. The number of nitrogens with zero attached hydrogens (tertiary/aromatic N) is 2. The van der Waals surface area contributed by atoms with Crippen molar-refractivity contribution in [3.8, 4) is 0 Å². The van der Waals surface area contributed by atoms with E-state index in [9.17, 15) is 9.59 Å². The quantitative estimate of drug-likeness (QED) is 0.713. The first-order valence-electron chi connectivity index (χ1n) is 9.18. The van der Waals surface area contributed by atoms with Crippen molar-refractivity contribution in [3.05, 3.63) is 10.0 Å². The van der Waals surface area contributed by atoms with Crippen LogP contribution in [0.25, 0.3) is 0 Å². The van der Waals surface area contributed by atoms with E-state index in [-0.39, 0.29) is 18.4 Å². The number of rotatable bonds is 6. The van der Waals surface area contributed by atoms with E-state index >= 15 is 0 Å². The molecular weight excluding hydrogens is 340 g/mol. The Labute approximate surface area is 151 Å². The number of aromatic nitrogens is 2. The molecule has 2 heterocycles. The molecule has 0 radical (unpaired) electrons. The molecule has 25 heavy (non-hydrogen) atoms. The maximum Gasteiger partial charge on any atom is 0.303 e. The predicted molar refractivity (Wildman–Crippen MR) is 94.8 cm³/mol. The van der Waals surface area contributed by atoms with Gasteiger partial charge < -0.3 is 15.7 Å². The van der Waals surface area contributed by atoms with Gasteiger partial charge in [-0.3, -0.25) is 9.59 Å². The number of amides is 1. The SMILES string of the molecule is O=C(O)CCC1CCC(NC(=O)c2nnc(C3CCNCC3)s2)CC1. The minimum absolute atomic E-state index is 0.119. The van der Waals surface area contributed by atoms with Crippen LogP contribution < -0.4 is 10.6 Å². The van der Waals surface area contributed by atoms with Crippen LogP contribution in [0.3, 0.4) is 0 Å². The summed E-state index contributed by atoms with van der Waals surface area (Å²) in [4.78, 5) is 23.1. The topological polar surface area (TPSA) is 104 Å². The van der Waals surface area contributed by atoms with Gasteiger partial charge in [-0.25, -0.2) is 0 Å². The molecule has 1 aromatic rings. The molecule has 0 aromatic carbocycles. The van der Waals surface area contributed by atoms with E-state index in [2.05, 4.69) is 20.8 Å². The lowest BCUT2D eigenvalue weighted by Crippen LogP contribution is -2.37. The summed E-state index contributed by atoms with van der Waals surface area (Å²) in [5.74, 6) is 0.0465. The van der Waals surface area contributed by atoms with E-state index in [1.807, 2.05) is 0 Å². The summed E-state index contributed by atoms with van der Waals surface area (Å²) in [6, 6.07) is 0.166. The molecule has 0 unspecified atom stereocenters. The van der Waals surface area contributed by atoms with Crippen molar-refractivity contribution in [2.24, 2.45) is 5.92 Å². The van der Waals surface area contributed by atoms with Crippen molar-refractivity contribution >= 4 is 23.2 Å². The number of carboxylic acids is 1. The molecule has 1 aromatic heterocycles. The molecule has 0 bridgehead atoms. The van der Waals surface area contributed by atoms with Gasteiger partial charge in [0.15, 0.2) is 0 Å². The third kappa shape index (κ3) is 5.22. The van der Waals surface area contributed by atoms with Crippen molar-refractivity contribution < 1.29 is 14.7 Å². The van der Waals surface area contributed by atoms with Crippen molar-refractivity contribution in [2.45, 2.75) is 63.3 Å². The molecule has 3 N–H and O–H groups in total. The number of piperidine rings is 1. The van der Waals surface area contributed by atoms with Gasteiger partial charge in [-0.15, -0.1) is 10.2 Å². The Morgan fingerprint density at radius 1 is 1.12 bits per heavy atom. The molecule has 1 amide bonds. The summed E-state index contributed by atoms with van der Waals surface area (Å²) in [5, 5.41) is 24.9. The smallest absolute Gasteiger partial charge is 0.303 e. The second kappa shape index (κ2) is 8.71. The van der Waals surface area contributed by atoms with E-state index in [1.54, 1.807) is 0 Å². The Morgan fingerprint density at radius 2 is 1.84 bits per heavy atom. The lowest BCUT2D eigenvalue weighted by molar-refractivity contribution is -0.137. The summed E-state index contributed by atoms with van der Waals surface area (Å²) in [6.45, 7) is 1.99. The fourth-order valence-corrected chi connectivity index (χ4v) is 4.65. The zero-order valence-corrected chi connectivity index (χ0v) is 15.2. The van der Waals surface area contributed by atoms with Gasteiger partial charge in [0.2, 0.25) is 5.01 Å². The minimum Gasteiger partial charge on any atom is -0.481 e. The largest absolute Gasteiger partial charge is 0.481 e. The van der Waals surface area contributed by atoms with Gasteiger partial charge in [-0.1, -0.05) is 11.3 Å². The molecule has 7 nitrogen and oxygen atoms in total. The van der Waals surface area contributed by atoms with Crippen LogP contribution in [-0.4, -0.2) is 46.3 Å². The van der Waals surface area contributed by atoms with E-state index in [4.69, 9.17) is 5.11 Å². The standard InChI is InChI=1S/C17H26N4O3S/c22-14(23)6-3-11-1-4-13(5-2-11)19-15(24)17-21-20-16(25-17)12-7-9-18-10-8-12/h11-13,18H,1-10H2,(H,19,24)(H,22,23). The van der Waals surface area contributed by atoms with E-state index in [1.165, 1.54) is 11.3 Å². The second-order valence-corrected chi connectivity index (χ2v) is 8.10. The monoisotopic (exact) mass is 366 g/mol. The normalized spacial score (nSPS) is 24.8. The van der Waals surface area contributed by atoms with Gasteiger partial charge in [-0.05, 0) is 64.0 Å². The highest BCUT2D eigenvalue weighted by atomic mass is 32.1. The Kier molecular flexibility index (Phi) is 6.36. The molecule has 1 aliphatic heterocycles. The molecule has 0 atom stereocenters. The van der Waals surface area contributed by atoms with Gasteiger partial charge in [0.25, 0.3) is 5.91 Å².